The van der Waals surface area contributed by atoms with E-state index in [2.05, 4.69) is 44.5 Å². The number of carbonyl (C=O) groups is 1. The molecule has 1 fully saturated rings. The number of amides is 1. The molecule has 112 valence electrons. The van der Waals surface area contributed by atoms with Crippen LogP contribution in [-0.4, -0.2) is 11.4 Å². The summed E-state index contributed by atoms with van der Waals surface area (Å²) in [5.74, 6) is -0.213. The highest BCUT2D eigenvalue weighted by Gasteiger charge is 2.50. The zero-order valence-electron chi connectivity index (χ0n) is 13.0. The molecule has 20 heavy (non-hydrogen) atoms. The molecule has 1 aliphatic rings. The lowest BCUT2D eigenvalue weighted by atomic mass is 9.58. The van der Waals surface area contributed by atoms with Crippen LogP contribution in [0, 0.1) is 10.8 Å². The van der Waals surface area contributed by atoms with Crippen LogP contribution in [-0.2, 0) is 11.3 Å². The van der Waals surface area contributed by atoms with Crippen LogP contribution in [0.15, 0.2) is 17.5 Å². The SMILES string of the molecule is CC1(C)CC(C)(C)CC(NCc2cccs2)(C(N)=O)C1. The monoisotopic (exact) mass is 294 g/mol. The van der Waals surface area contributed by atoms with E-state index in [1.54, 1.807) is 11.3 Å². The topological polar surface area (TPSA) is 55.1 Å². The number of rotatable bonds is 4. The first kappa shape index (κ1) is 15.5. The van der Waals surface area contributed by atoms with E-state index in [1.165, 1.54) is 4.88 Å². The number of nitrogens with one attached hydrogen (secondary N) is 1. The van der Waals surface area contributed by atoms with Crippen LogP contribution in [0.5, 0.6) is 0 Å². The molecule has 0 aromatic carbocycles. The molecule has 1 aromatic heterocycles. The van der Waals surface area contributed by atoms with E-state index >= 15 is 0 Å². The van der Waals surface area contributed by atoms with Gasteiger partial charge >= 0.3 is 0 Å². The predicted octanol–water partition coefficient (Wildman–Crippen LogP) is 3.30. The quantitative estimate of drug-likeness (QED) is 0.895. The van der Waals surface area contributed by atoms with E-state index in [0.717, 1.165) is 19.3 Å². The second kappa shape index (κ2) is 5.15. The second-order valence-electron chi connectivity index (χ2n) is 7.74. The Labute approximate surface area is 125 Å². The molecule has 4 heteroatoms. The lowest BCUT2D eigenvalue weighted by Gasteiger charge is -2.51. The van der Waals surface area contributed by atoms with Crippen molar-refractivity contribution in [3.63, 3.8) is 0 Å². The van der Waals surface area contributed by atoms with Crippen LogP contribution in [0.1, 0.15) is 51.8 Å². The highest BCUT2D eigenvalue weighted by molar-refractivity contribution is 7.09. The van der Waals surface area contributed by atoms with Crippen LogP contribution in [0.4, 0.5) is 0 Å². The maximum absolute atomic E-state index is 12.2. The lowest BCUT2D eigenvalue weighted by molar-refractivity contribution is -0.130. The van der Waals surface area contributed by atoms with Gasteiger partial charge in [0.25, 0.3) is 0 Å². The molecule has 0 aliphatic heterocycles. The van der Waals surface area contributed by atoms with Crippen molar-refractivity contribution in [2.75, 3.05) is 0 Å². The van der Waals surface area contributed by atoms with Crippen molar-refractivity contribution in [2.24, 2.45) is 16.6 Å². The van der Waals surface area contributed by atoms with Gasteiger partial charge < -0.3 is 5.73 Å². The number of nitrogens with two attached hydrogens (primary N) is 1. The minimum Gasteiger partial charge on any atom is -0.368 e. The van der Waals surface area contributed by atoms with Gasteiger partial charge in [-0.3, -0.25) is 10.1 Å². The first-order valence-corrected chi connectivity index (χ1v) is 8.10. The zero-order valence-corrected chi connectivity index (χ0v) is 13.8. The molecule has 0 radical (unpaired) electrons. The summed E-state index contributed by atoms with van der Waals surface area (Å²) in [7, 11) is 0. The van der Waals surface area contributed by atoms with Gasteiger partial charge in [-0.15, -0.1) is 11.3 Å². The summed E-state index contributed by atoms with van der Waals surface area (Å²) in [6.07, 6.45) is 2.74. The Bertz CT molecular complexity index is 461. The van der Waals surface area contributed by atoms with Gasteiger partial charge in [0.2, 0.25) is 5.91 Å². The number of primary amides is 1. The van der Waals surface area contributed by atoms with Gasteiger partial charge in [0.1, 0.15) is 0 Å². The third kappa shape index (κ3) is 3.41. The van der Waals surface area contributed by atoms with E-state index in [4.69, 9.17) is 5.73 Å². The fourth-order valence-corrected chi connectivity index (χ4v) is 4.82. The first-order chi connectivity index (χ1) is 9.14. The molecule has 0 atom stereocenters. The molecule has 0 bridgehead atoms. The number of thiophene rings is 1. The average molecular weight is 294 g/mol. The standard InChI is InChI=1S/C16H26N2OS/c1-14(2)9-15(3,4)11-16(10-14,13(17)19)18-8-12-6-5-7-20-12/h5-7,18H,8-11H2,1-4H3,(H2,17,19). The van der Waals surface area contributed by atoms with Crippen molar-refractivity contribution in [1.29, 1.82) is 0 Å². The minimum atomic E-state index is -0.588. The molecule has 1 amide bonds. The molecule has 0 spiro atoms. The van der Waals surface area contributed by atoms with Gasteiger partial charge in [-0.1, -0.05) is 33.8 Å². The Hall–Kier alpha value is -0.870. The summed E-state index contributed by atoms with van der Waals surface area (Å²) < 4.78 is 0. The zero-order chi connectivity index (χ0) is 15.0. The number of hydrogen-bond acceptors (Lipinski definition) is 3. The Balaban J connectivity index is 2.22. The highest BCUT2D eigenvalue weighted by atomic mass is 32.1. The molecule has 1 saturated carbocycles. The van der Waals surface area contributed by atoms with Crippen LogP contribution in [0.2, 0.25) is 0 Å². The highest BCUT2D eigenvalue weighted by Crippen LogP contribution is 2.50. The summed E-state index contributed by atoms with van der Waals surface area (Å²) in [5.41, 5.74) is 5.45. The first-order valence-electron chi connectivity index (χ1n) is 7.22. The Morgan fingerprint density at radius 1 is 1.25 bits per heavy atom. The molecule has 3 N–H and O–H groups in total. The van der Waals surface area contributed by atoms with Gasteiger partial charge in [0.15, 0.2) is 0 Å². The van der Waals surface area contributed by atoms with E-state index in [0.29, 0.717) is 6.54 Å². The molecular weight excluding hydrogens is 268 g/mol. The largest absolute Gasteiger partial charge is 0.368 e. The van der Waals surface area contributed by atoms with Gasteiger partial charge in [-0.2, -0.15) is 0 Å². The molecule has 1 aliphatic carbocycles. The smallest absolute Gasteiger partial charge is 0.237 e. The van der Waals surface area contributed by atoms with Crippen molar-refractivity contribution < 1.29 is 4.79 Å². The van der Waals surface area contributed by atoms with Crippen LogP contribution in [0.3, 0.4) is 0 Å². The fraction of sp³-hybridized carbons (Fsp3) is 0.688. The summed E-state index contributed by atoms with van der Waals surface area (Å²) in [6.45, 7) is 9.65. The van der Waals surface area contributed by atoms with Gasteiger partial charge in [-0.05, 0) is 41.5 Å². The summed E-state index contributed by atoms with van der Waals surface area (Å²) in [6, 6.07) is 4.12. The molecule has 3 nitrogen and oxygen atoms in total. The van der Waals surface area contributed by atoms with Crippen molar-refractivity contribution in [1.82, 2.24) is 5.32 Å². The van der Waals surface area contributed by atoms with E-state index in [1.807, 2.05) is 6.07 Å². The Kier molecular flexibility index (Phi) is 4.00. The maximum atomic E-state index is 12.2. The molecule has 0 saturated heterocycles. The van der Waals surface area contributed by atoms with Crippen molar-refractivity contribution >= 4 is 17.2 Å². The van der Waals surface area contributed by atoms with Crippen molar-refractivity contribution in [3.05, 3.63) is 22.4 Å². The van der Waals surface area contributed by atoms with E-state index < -0.39 is 5.54 Å². The van der Waals surface area contributed by atoms with Crippen LogP contribution < -0.4 is 11.1 Å². The summed E-state index contributed by atoms with van der Waals surface area (Å²) >= 11 is 1.71. The van der Waals surface area contributed by atoms with Crippen molar-refractivity contribution in [2.45, 2.75) is 59.0 Å². The van der Waals surface area contributed by atoms with Crippen LogP contribution >= 0.6 is 11.3 Å². The van der Waals surface area contributed by atoms with Gasteiger partial charge in [-0.25, -0.2) is 0 Å². The van der Waals surface area contributed by atoms with Crippen molar-refractivity contribution in [3.8, 4) is 0 Å². The Morgan fingerprint density at radius 3 is 2.30 bits per heavy atom. The second-order valence-corrected chi connectivity index (χ2v) is 8.77. The average Bonchev–Trinajstić information content (AvgIpc) is 2.74. The molecule has 1 heterocycles. The normalized spacial score (nSPS) is 23.4. The number of carbonyl (C=O) groups excluding carboxylic acids is 1. The summed E-state index contributed by atoms with van der Waals surface area (Å²) in [4.78, 5) is 13.4. The van der Waals surface area contributed by atoms with E-state index in [-0.39, 0.29) is 16.7 Å². The molecule has 0 unspecified atom stereocenters. The summed E-state index contributed by atoms with van der Waals surface area (Å²) in [5, 5.41) is 5.54. The van der Waals surface area contributed by atoms with Gasteiger partial charge in [0, 0.05) is 11.4 Å². The minimum absolute atomic E-state index is 0.124. The van der Waals surface area contributed by atoms with E-state index in [9.17, 15) is 4.79 Å². The number of hydrogen-bond donors (Lipinski definition) is 2. The van der Waals surface area contributed by atoms with Gasteiger partial charge in [0.05, 0.1) is 5.54 Å². The predicted molar refractivity (Wildman–Crippen MR) is 84.5 cm³/mol. The molecule has 1 aromatic rings. The molecular formula is C16H26N2OS. The van der Waals surface area contributed by atoms with Crippen LogP contribution in [0.25, 0.3) is 0 Å². The Morgan fingerprint density at radius 2 is 1.85 bits per heavy atom. The molecule has 2 rings (SSSR count). The lowest BCUT2D eigenvalue weighted by Crippen LogP contribution is -2.61. The third-order valence-corrected chi connectivity index (χ3v) is 5.05. The maximum Gasteiger partial charge on any atom is 0.237 e. The third-order valence-electron chi connectivity index (χ3n) is 4.17. The fourth-order valence-electron chi connectivity index (χ4n) is 4.17.